The molecule has 2 aromatic carbocycles. The quantitative estimate of drug-likeness (QED) is 0.492. The first-order chi connectivity index (χ1) is 15.8. The summed E-state index contributed by atoms with van der Waals surface area (Å²) in [4.78, 5) is 15.2. The lowest BCUT2D eigenvalue weighted by molar-refractivity contribution is -0.132. The van der Waals surface area contributed by atoms with Crippen LogP contribution in [0, 0.1) is 0 Å². The number of hydrogen-bond acceptors (Lipinski definition) is 4. The van der Waals surface area contributed by atoms with Gasteiger partial charge in [0.2, 0.25) is 10.0 Å². The maximum Gasteiger partial charge on any atom is 0.268 e. The van der Waals surface area contributed by atoms with Gasteiger partial charge < -0.3 is 10.0 Å². The number of nitrogens with zero attached hydrogens (tertiary/aromatic N) is 1. The van der Waals surface area contributed by atoms with Crippen molar-refractivity contribution in [2.45, 2.75) is 43.7 Å². The second-order valence-corrected chi connectivity index (χ2v) is 11.8. The molecule has 1 aliphatic rings. The fraction of sp³-hybridized carbons (Fsp3) is 0.269. The standard InChI is InChI=1S/C26H29BrN2O4S/c1-6-19(12-11-18(2)27)17-29-23-10-8-7-9-22(23)26(31,24(29)30)20-13-15-21(16-14-20)34(32,33)28-25(3,4)5/h6-16,28,31H,2,17H2,1,3-5H3/b12-11-,19-6+. The van der Waals surface area contributed by atoms with Crippen LogP contribution in [0.2, 0.25) is 0 Å². The maximum absolute atomic E-state index is 13.6. The summed E-state index contributed by atoms with van der Waals surface area (Å²) in [6.07, 6.45) is 5.53. The molecule has 2 N–H and O–H groups in total. The van der Waals surface area contributed by atoms with E-state index in [4.69, 9.17) is 0 Å². The summed E-state index contributed by atoms with van der Waals surface area (Å²) >= 11 is 3.29. The molecule has 2 aromatic rings. The third kappa shape index (κ3) is 5.25. The maximum atomic E-state index is 13.6. The van der Waals surface area contributed by atoms with Crippen LogP contribution in [-0.4, -0.2) is 31.5 Å². The normalized spacial score (nSPS) is 19.1. The van der Waals surface area contributed by atoms with Crippen LogP contribution in [-0.2, 0) is 20.4 Å². The topological polar surface area (TPSA) is 86.7 Å². The molecule has 0 aliphatic carbocycles. The molecular formula is C26H29BrN2O4S. The number of allylic oxidation sites excluding steroid dienone is 3. The number of sulfonamides is 1. The molecule has 3 rings (SSSR count). The lowest BCUT2D eigenvalue weighted by Crippen LogP contribution is -2.42. The number of para-hydroxylation sites is 1. The van der Waals surface area contributed by atoms with E-state index in [2.05, 4.69) is 27.2 Å². The summed E-state index contributed by atoms with van der Waals surface area (Å²) in [5.41, 5.74) is -0.357. The van der Waals surface area contributed by atoms with Crippen molar-refractivity contribution in [2.75, 3.05) is 11.4 Å². The van der Waals surface area contributed by atoms with E-state index in [1.807, 2.05) is 25.1 Å². The number of carbonyl (C=O) groups is 1. The molecule has 1 atom stereocenters. The third-order valence-corrected chi connectivity index (χ3v) is 7.39. The lowest BCUT2D eigenvalue weighted by atomic mass is 9.87. The van der Waals surface area contributed by atoms with Gasteiger partial charge in [-0.2, -0.15) is 0 Å². The lowest BCUT2D eigenvalue weighted by Gasteiger charge is -2.25. The van der Waals surface area contributed by atoms with Crippen molar-refractivity contribution < 1.29 is 18.3 Å². The SMILES string of the molecule is C=C(Br)/C=C\C(=C/C)CN1C(=O)C(O)(c2ccc(S(=O)(=O)NC(C)(C)C)cc2)c2ccccc21. The third-order valence-electron chi connectivity index (χ3n) is 5.35. The Hall–Kier alpha value is -2.52. The van der Waals surface area contributed by atoms with E-state index < -0.39 is 27.1 Å². The Balaban J connectivity index is 2.01. The summed E-state index contributed by atoms with van der Waals surface area (Å²) in [6.45, 7) is 11.2. The highest BCUT2D eigenvalue weighted by Gasteiger charge is 2.51. The Morgan fingerprint density at radius 3 is 2.32 bits per heavy atom. The van der Waals surface area contributed by atoms with Crippen LogP contribution >= 0.6 is 15.9 Å². The van der Waals surface area contributed by atoms with Crippen LogP contribution in [0.25, 0.3) is 0 Å². The Morgan fingerprint density at radius 2 is 1.76 bits per heavy atom. The van der Waals surface area contributed by atoms with Crippen molar-refractivity contribution >= 4 is 37.5 Å². The number of halogens is 1. The second kappa shape index (κ2) is 9.62. The number of carbonyl (C=O) groups excluding carboxylic acids is 1. The van der Waals surface area contributed by atoms with E-state index in [9.17, 15) is 18.3 Å². The summed E-state index contributed by atoms with van der Waals surface area (Å²) in [7, 11) is -3.75. The summed E-state index contributed by atoms with van der Waals surface area (Å²) in [6, 6.07) is 12.9. The number of rotatable bonds is 7. The highest BCUT2D eigenvalue weighted by atomic mass is 79.9. The molecule has 180 valence electrons. The first kappa shape index (κ1) is 26.1. The van der Waals surface area contributed by atoms with E-state index >= 15 is 0 Å². The van der Waals surface area contributed by atoms with Gasteiger partial charge in [-0.25, -0.2) is 13.1 Å². The zero-order valence-corrected chi connectivity index (χ0v) is 22.1. The number of nitrogens with one attached hydrogen (secondary N) is 1. The molecule has 0 bridgehead atoms. The van der Waals surface area contributed by atoms with Crippen LogP contribution in [0.1, 0.15) is 38.8 Å². The minimum atomic E-state index is -3.75. The fourth-order valence-corrected chi connectivity index (χ4v) is 5.38. The summed E-state index contributed by atoms with van der Waals surface area (Å²) < 4.78 is 28.6. The van der Waals surface area contributed by atoms with Crippen molar-refractivity contribution in [3.8, 4) is 0 Å². The molecule has 0 saturated carbocycles. The minimum Gasteiger partial charge on any atom is -0.372 e. The van der Waals surface area contributed by atoms with E-state index in [-0.39, 0.29) is 11.4 Å². The molecule has 0 aromatic heterocycles. The predicted molar refractivity (Wildman–Crippen MR) is 139 cm³/mol. The van der Waals surface area contributed by atoms with Gasteiger partial charge in [0.25, 0.3) is 5.91 Å². The summed E-state index contributed by atoms with van der Waals surface area (Å²) in [5.74, 6) is -0.498. The van der Waals surface area contributed by atoms with E-state index in [0.717, 1.165) is 5.57 Å². The van der Waals surface area contributed by atoms with Crippen molar-refractivity contribution in [3.63, 3.8) is 0 Å². The fourth-order valence-electron chi connectivity index (χ4n) is 3.83. The molecule has 1 heterocycles. The summed E-state index contributed by atoms with van der Waals surface area (Å²) in [5, 5.41) is 11.7. The predicted octanol–water partition coefficient (Wildman–Crippen LogP) is 4.76. The van der Waals surface area contributed by atoms with Crippen molar-refractivity contribution in [2.24, 2.45) is 0 Å². The van der Waals surface area contributed by atoms with Gasteiger partial charge in [0.05, 0.1) is 17.1 Å². The van der Waals surface area contributed by atoms with Gasteiger partial charge in [-0.05, 0) is 63.1 Å². The Kier molecular flexibility index (Phi) is 7.38. The number of anilines is 1. The van der Waals surface area contributed by atoms with Crippen molar-refractivity contribution in [1.82, 2.24) is 4.72 Å². The zero-order chi connectivity index (χ0) is 25.3. The molecule has 0 saturated heterocycles. The van der Waals surface area contributed by atoms with Crippen molar-refractivity contribution in [3.05, 3.63) is 94.5 Å². The van der Waals surface area contributed by atoms with Gasteiger partial charge in [-0.3, -0.25) is 4.79 Å². The second-order valence-electron chi connectivity index (χ2n) is 9.14. The van der Waals surface area contributed by atoms with E-state index in [1.165, 1.54) is 29.2 Å². The number of benzene rings is 2. The number of hydrogen-bond donors (Lipinski definition) is 2. The van der Waals surface area contributed by atoms with Gasteiger partial charge in [0.15, 0.2) is 5.60 Å². The smallest absolute Gasteiger partial charge is 0.268 e. The largest absolute Gasteiger partial charge is 0.372 e. The average Bonchev–Trinajstić information content (AvgIpc) is 2.97. The van der Waals surface area contributed by atoms with E-state index in [0.29, 0.717) is 21.3 Å². The molecular weight excluding hydrogens is 516 g/mol. The number of amides is 1. The molecule has 0 spiro atoms. The first-order valence-corrected chi connectivity index (χ1v) is 13.0. The van der Waals surface area contributed by atoms with Crippen LogP contribution in [0.3, 0.4) is 0 Å². The highest BCUT2D eigenvalue weighted by Crippen LogP contribution is 2.44. The van der Waals surface area contributed by atoms with Gasteiger partial charge >= 0.3 is 0 Å². The van der Waals surface area contributed by atoms with Crippen LogP contribution in [0.5, 0.6) is 0 Å². The van der Waals surface area contributed by atoms with E-state index in [1.54, 1.807) is 45.0 Å². The van der Waals surface area contributed by atoms with Gasteiger partial charge in [-0.15, -0.1) is 0 Å². The van der Waals surface area contributed by atoms with Gasteiger partial charge in [0, 0.05) is 15.6 Å². The highest BCUT2D eigenvalue weighted by molar-refractivity contribution is 9.11. The Morgan fingerprint density at radius 1 is 1.15 bits per heavy atom. The molecule has 8 heteroatoms. The van der Waals surface area contributed by atoms with Gasteiger partial charge in [-0.1, -0.05) is 65.0 Å². The molecule has 6 nitrogen and oxygen atoms in total. The first-order valence-electron chi connectivity index (χ1n) is 10.8. The van der Waals surface area contributed by atoms with Crippen LogP contribution < -0.4 is 9.62 Å². The molecule has 1 aliphatic heterocycles. The zero-order valence-electron chi connectivity index (χ0n) is 19.7. The average molecular weight is 545 g/mol. The molecule has 1 amide bonds. The minimum absolute atomic E-state index is 0.0571. The molecule has 1 unspecified atom stereocenters. The molecule has 34 heavy (non-hydrogen) atoms. The van der Waals surface area contributed by atoms with Crippen LogP contribution in [0.15, 0.2) is 88.3 Å². The molecule has 0 fully saturated rings. The van der Waals surface area contributed by atoms with Crippen molar-refractivity contribution in [1.29, 1.82) is 0 Å². The Labute approximate surface area is 209 Å². The van der Waals surface area contributed by atoms with Gasteiger partial charge in [0.1, 0.15) is 0 Å². The monoisotopic (exact) mass is 544 g/mol. The number of fused-ring (bicyclic) bond motifs is 1. The van der Waals surface area contributed by atoms with Crippen LogP contribution in [0.4, 0.5) is 5.69 Å². The number of aliphatic hydroxyl groups is 1. The molecule has 0 radical (unpaired) electrons. The Bertz CT molecular complexity index is 1270.